The van der Waals surface area contributed by atoms with E-state index in [2.05, 4.69) is 19.9 Å². The molecule has 40 heavy (non-hydrogen) atoms. The van der Waals surface area contributed by atoms with Gasteiger partial charge in [-0.3, -0.25) is 9.47 Å². The molecular formula is C28H22Cl2F4N4O2. The minimum atomic E-state index is -4.85. The lowest BCUT2D eigenvalue weighted by atomic mass is 10.0. The zero-order chi connectivity index (χ0) is 28.4. The minimum absolute atomic E-state index is 0.186. The second-order valence-electron chi connectivity index (χ2n) is 9.22. The molecule has 0 atom stereocenters. The van der Waals surface area contributed by atoms with E-state index in [0.717, 1.165) is 11.1 Å². The van der Waals surface area contributed by atoms with Crippen LogP contribution in [-0.2, 0) is 19.5 Å². The number of halogens is 6. The van der Waals surface area contributed by atoms with Gasteiger partial charge in [-0.2, -0.15) is 0 Å². The minimum Gasteiger partial charge on any atom is -0.406 e. The van der Waals surface area contributed by atoms with Crippen LogP contribution < -0.4 is 10.1 Å². The van der Waals surface area contributed by atoms with Gasteiger partial charge in [0.05, 0.1) is 5.52 Å². The van der Waals surface area contributed by atoms with Crippen molar-refractivity contribution in [2.45, 2.75) is 25.9 Å². The summed E-state index contributed by atoms with van der Waals surface area (Å²) in [6.07, 6.45) is 0.774. The number of ether oxygens (including phenoxy) is 1. The van der Waals surface area contributed by atoms with Crippen molar-refractivity contribution in [1.29, 1.82) is 0 Å². The van der Waals surface area contributed by atoms with Crippen molar-refractivity contribution in [3.8, 4) is 5.75 Å². The molecule has 0 saturated heterocycles. The molecule has 0 fully saturated rings. The van der Waals surface area contributed by atoms with Crippen LogP contribution in [0.2, 0.25) is 10.2 Å². The highest BCUT2D eigenvalue weighted by Crippen LogP contribution is 2.35. The third-order valence-electron chi connectivity index (χ3n) is 6.43. The zero-order valence-electron chi connectivity index (χ0n) is 20.8. The maximum absolute atomic E-state index is 13.6. The predicted octanol–water partition coefficient (Wildman–Crippen LogP) is 7.21. The first kappa shape index (κ1) is 27.9. The van der Waals surface area contributed by atoms with Gasteiger partial charge in [-0.25, -0.2) is 14.2 Å². The number of pyridine rings is 1. The molecule has 6 nitrogen and oxygen atoms in total. The molecular weight excluding hydrogens is 571 g/mol. The molecule has 0 spiro atoms. The van der Waals surface area contributed by atoms with Crippen molar-refractivity contribution in [3.05, 3.63) is 99.2 Å². The van der Waals surface area contributed by atoms with E-state index in [0.29, 0.717) is 53.4 Å². The Labute approximate surface area is 236 Å². The number of nitrogens with zero attached hydrogens (tertiary/aromatic N) is 3. The van der Waals surface area contributed by atoms with Crippen LogP contribution in [0.5, 0.6) is 5.75 Å². The van der Waals surface area contributed by atoms with Crippen LogP contribution in [-0.4, -0.2) is 39.9 Å². The van der Waals surface area contributed by atoms with Gasteiger partial charge in [0.25, 0.3) is 0 Å². The maximum Gasteiger partial charge on any atom is 0.573 e. The molecule has 5 rings (SSSR count). The quantitative estimate of drug-likeness (QED) is 0.190. The van der Waals surface area contributed by atoms with E-state index in [9.17, 15) is 22.4 Å². The zero-order valence-corrected chi connectivity index (χ0v) is 22.3. The number of hydrogen-bond donors (Lipinski definition) is 1. The number of aromatic nitrogens is 2. The average molecular weight is 593 g/mol. The summed E-state index contributed by atoms with van der Waals surface area (Å²) in [5.41, 5.74) is 3.27. The monoisotopic (exact) mass is 592 g/mol. The summed E-state index contributed by atoms with van der Waals surface area (Å²) in [6, 6.07) is 11.1. The first-order chi connectivity index (χ1) is 19.1. The summed E-state index contributed by atoms with van der Waals surface area (Å²) in [5, 5.41) is 3.93. The SMILES string of the molecule is O=C(NCc1ccnc(Cl)c1)n1c2c(c3cc(OC(F)(F)F)ccc31)CN(CC=Cc1cc(F)cc(Cl)c1)CC2. The van der Waals surface area contributed by atoms with Gasteiger partial charge in [0, 0.05) is 54.9 Å². The number of amides is 1. The van der Waals surface area contributed by atoms with E-state index in [4.69, 9.17) is 23.2 Å². The highest BCUT2D eigenvalue weighted by molar-refractivity contribution is 6.30. The first-order valence-corrected chi connectivity index (χ1v) is 13.0. The van der Waals surface area contributed by atoms with Crippen LogP contribution in [0.3, 0.4) is 0 Å². The maximum atomic E-state index is 13.6. The van der Waals surface area contributed by atoms with Crippen molar-refractivity contribution >= 4 is 46.2 Å². The van der Waals surface area contributed by atoms with Crippen LogP contribution in [0.15, 0.2) is 60.8 Å². The Balaban J connectivity index is 1.42. The topological polar surface area (TPSA) is 59.4 Å². The fourth-order valence-corrected chi connectivity index (χ4v) is 5.22. The third kappa shape index (κ3) is 6.57. The predicted molar refractivity (Wildman–Crippen MR) is 145 cm³/mol. The van der Waals surface area contributed by atoms with Crippen LogP contribution >= 0.6 is 23.2 Å². The standard InChI is InChI=1S/C28H22Cl2F4N4O2/c29-19-10-17(11-20(31)13-19)2-1-8-37-9-6-25-23(16-37)22-14-21(40-28(32,33)34)3-4-24(22)38(25)27(39)36-15-18-5-7-35-26(30)12-18/h1-5,7,10-14H,6,8-9,15-16H2,(H,36,39). The van der Waals surface area contributed by atoms with Gasteiger partial charge in [0.2, 0.25) is 0 Å². The Morgan fingerprint density at radius 2 is 1.95 bits per heavy atom. The normalized spacial score (nSPS) is 14.1. The van der Waals surface area contributed by atoms with E-state index >= 15 is 0 Å². The van der Waals surface area contributed by atoms with E-state index in [1.54, 1.807) is 24.3 Å². The molecule has 3 heterocycles. The van der Waals surface area contributed by atoms with Gasteiger partial charge >= 0.3 is 12.4 Å². The summed E-state index contributed by atoms with van der Waals surface area (Å²) in [5.74, 6) is -0.809. The largest absolute Gasteiger partial charge is 0.573 e. The molecule has 1 N–H and O–H groups in total. The first-order valence-electron chi connectivity index (χ1n) is 12.2. The summed E-state index contributed by atoms with van der Waals surface area (Å²) in [7, 11) is 0. The number of nitrogens with one attached hydrogen (secondary N) is 1. The molecule has 1 amide bonds. The number of rotatable bonds is 6. The van der Waals surface area contributed by atoms with Gasteiger partial charge in [-0.1, -0.05) is 35.4 Å². The smallest absolute Gasteiger partial charge is 0.406 e. The molecule has 1 aliphatic heterocycles. The summed E-state index contributed by atoms with van der Waals surface area (Å²) < 4.78 is 58.1. The fraction of sp³-hybridized carbons (Fsp3) is 0.214. The number of carbonyl (C=O) groups excluding carboxylic acids is 1. The lowest BCUT2D eigenvalue weighted by molar-refractivity contribution is -0.274. The number of benzene rings is 2. The highest BCUT2D eigenvalue weighted by atomic mass is 35.5. The molecule has 0 radical (unpaired) electrons. The molecule has 0 bridgehead atoms. The summed E-state index contributed by atoms with van der Waals surface area (Å²) >= 11 is 11.9. The Kier molecular flexibility index (Phi) is 8.02. The molecule has 1 aliphatic rings. The lowest BCUT2D eigenvalue weighted by Gasteiger charge is -2.27. The molecule has 12 heteroatoms. The van der Waals surface area contributed by atoms with Crippen LogP contribution in [0.4, 0.5) is 22.4 Å². The number of carbonyl (C=O) groups is 1. The highest BCUT2D eigenvalue weighted by Gasteiger charge is 2.32. The molecule has 2 aromatic heterocycles. The van der Waals surface area contributed by atoms with Gasteiger partial charge < -0.3 is 10.1 Å². The van der Waals surface area contributed by atoms with Gasteiger partial charge in [0.15, 0.2) is 0 Å². The summed E-state index contributed by atoms with van der Waals surface area (Å²) in [4.78, 5) is 19.4. The second-order valence-corrected chi connectivity index (χ2v) is 10.0. The van der Waals surface area contributed by atoms with E-state index < -0.39 is 18.2 Å². The molecule has 0 aliphatic carbocycles. The second kappa shape index (κ2) is 11.5. The molecule has 0 unspecified atom stereocenters. The van der Waals surface area contributed by atoms with Crippen LogP contribution in [0.1, 0.15) is 22.4 Å². The lowest BCUT2D eigenvalue weighted by Crippen LogP contribution is -2.34. The van der Waals surface area contributed by atoms with Crippen molar-refractivity contribution in [2.75, 3.05) is 13.1 Å². The Morgan fingerprint density at radius 1 is 1.12 bits per heavy atom. The average Bonchev–Trinajstić information content (AvgIpc) is 3.19. The van der Waals surface area contributed by atoms with E-state index in [1.807, 2.05) is 6.08 Å². The van der Waals surface area contributed by atoms with Crippen molar-refractivity contribution in [3.63, 3.8) is 0 Å². The van der Waals surface area contributed by atoms with Gasteiger partial charge in [0.1, 0.15) is 16.7 Å². The molecule has 0 saturated carbocycles. The van der Waals surface area contributed by atoms with Gasteiger partial charge in [-0.05, 0) is 65.2 Å². The number of alkyl halides is 3. The summed E-state index contributed by atoms with van der Waals surface area (Å²) in [6.45, 7) is 1.66. The Bertz CT molecular complexity index is 1580. The van der Waals surface area contributed by atoms with E-state index in [-0.39, 0.29) is 17.3 Å². The van der Waals surface area contributed by atoms with Gasteiger partial charge in [-0.15, -0.1) is 13.2 Å². The van der Waals surface area contributed by atoms with E-state index in [1.165, 1.54) is 41.1 Å². The van der Waals surface area contributed by atoms with Crippen molar-refractivity contribution < 1.29 is 27.1 Å². The molecule has 208 valence electrons. The number of hydrogen-bond acceptors (Lipinski definition) is 4. The van der Waals surface area contributed by atoms with Crippen molar-refractivity contribution in [2.24, 2.45) is 0 Å². The van der Waals surface area contributed by atoms with Crippen molar-refractivity contribution in [1.82, 2.24) is 19.8 Å². The molecule has 2 aromatic carbocycles. The van der Waals surface area contributed by atoms with Crippen LogP contribution in [0, 0.1) is 5.82 Å². The van der Waals surface area contributed by atoms with Crippen LogP contribution in [0.25, 0.3) is 17.0 Å². The fourth-order valence-electron chi connectivity index (χ4n) is 4.80. The Morgan fingerprint density at radius 3 is 2.70 bits per heavy atom. The third-order valence-corrected chi connectivity index (χ3v) is 6.85. The molecule has 4 aromatic rings. The Hall–Kier alpha value is -3.60. The number of fused-ring (bicyclic) bond motifs is 3.